The summed E-state index contributed by atoms with van der Waals surface area (Å²) in [7, 11) is 0. The first-order valence-electron chi connectivity index (χ1n) is 30.1. The predicted molar refractivity (Wildman–Crippen MR) is 359 cm³/mol. The normalized spacial score (nSPS) is 16.1. The quantitative estimate of drug-likeness (QED) is 0.144. The standard InChI is InChI=1S/C82H64N2O2/c1-79(2,3)81(69-39-17-13-33-61(69)63-47-45-59(51-71(63)81)83(57-31-21-29-55(49-57)53-25-9-7-10-26-53)73-41-23-37-67-65-35-15-19-43-75(65)85-77(67)73)82(80(4,5)6)70-40-18-14-34-62(70)64-48-46-60(52-72(64)82)84(58-32-22-30-56(50-58)54-27-11-8-12-28-54)74-42-24-38-68-66-36-16-20-44-76(66)86-78(68)74/h7-52H,1-6H3. The van der Waals surface area contributed by atoms with Crippen LogP contribution in [0.5, 0.6) is 0 Å². The third-order valence-corrected chi connectivity index (χ3v) is 19.1. The van der Waals surface area contributed by atoms with Gasteiger partial charge in [0.25, 0.3) is 0 Å². The van der Waals surface area contributed by atoms with Crippen LogP contribution in [0.3, 0.4) is 0 Å². The van der Waals surface area contributed by atoms with Crippen LogP contribution >= 0.6 is 0 Å². The molecule has 0 spiro atoms. The second-order valence-electron chi connectivity index (χ2n) is 25.6. The monoisotopic (exact) mass is 1110 g/mol. The van der Waals surface area contributed by atoms with Crippen LogP contribution in [-0.2, 0) is 10.8 Å². The number of nitrogens with zero attached hydrogens (tertiary/aromatic N) is 2. The van der Waals surface area contributed by atoms with E-state index in [1.165, 1.54) is 44.5 Å². The van der Waals surface area contributed by atoms with E-state index in [-0.39, 0.29) is 0 Å². The third kappa shape index (κ3) is 7.35. The van der Waals surface area contributed by atoms with E-state index in [4.69, 9.17) is 8.83 Å². The highest BCUT2D eigenvalue weighted by Gasteiger charge is 2.70. The molecule has 2 aliphatic carbocycles. The molecule has 2 unspecified atom stereocenters. The summed E-state index contributed by atoms with van der Waals surface area (Å²) in [5.74, 6) is 0. The van der Waals surface area contributed by atoms with Gasteiger partial charge in [0.15, 0.2) is 11.2 Å². The van der Waals surface area contributed by atoms with Crippen LogP contribution in [0.25, 0.3) is 88.4 Å². The van der Waals surface area contributed by atoms with E-state index in [1.54, 1.807) is 0 Å². The minimum absolute atomic E-state index is 0.425. The van der Waals surface area contributed by atoms with Gasteiger partial charge in [0.05, 0.1) is 11.4 Å². The average Bonchev–Trinajstić information content (AvgIpc) is 1.45. The molecule has 2 heterocycles. The van der Waals surface area contributed by atoms with Crippen molar-refractivity contribution in [2.45, 2.75) is 52.4 Å². The topological polar surface area (TPSA) is 32.8 Å². The van der Waals surface area contributed by atoms with Crippen LogP contribution < -0.4 is 9.80 Å². The second kappa shape index (κ2) is 19.2. The van der Waals surface area contributed by atoms with Crippen LogP contribution in [0.4, 0.5) is 34.1 Å². The molecule has 2 aliphatic rings. The number of hydrogen-bond donors (Lipinski definition) is 0. The number of para-hydroxylation sites is 4. The molecule has 0 amide bonds. The van der Waals surface area contributed by atoms with Crippen LogP contribution in [-0.4, -0.2) is 0 Å². The highest BCUT2D eigenvalue weighted by Crippen LogP contribution is 2.75. The van der Waals surface area contributed by atoms with Gasteiger partial charge in [0.1, 0.15) is 11.2 Å². The van der Waals surface area contributed by atoms with E-state index in [1.807, 2.05) is 0 Å². The zero-order valence-electron chi connectivity index (χ0n) is 49.3. The van der Waals surface area contributed by atoms with Crippen molar-refractivity contribution < 1.29 is 8.83 Å². The average molecular weight is 1110 g/mol. The molecule has 4 nitrogen and oxygen atoms in total. The van der Waals surface area contributed by atoms with E-state index in [0.29, 0.717) is 0 Å². The Balaban J connectivity index is 0.992. The number of fused-ring (bicyclic) bond motifs is 12. The number of furan rings is 2. The SMILES string of the molecule is CC(C)(C)C1(C2(C(C)(C)C)c3ccccc3-c3ccc(N(c4cccc(-c5ccccc5)c4)c4cccc5c4oc4ccccc45)cc32)c2ccccc2-c2ccc(N(c3cccc(-c4ccccc4)c3)c3cccc4c3oc3ccccc34)cc21. The summed E-state index contributed by atoms with van der Waals surface area (Å²) in [6.45, 7) is 15.0. The van der Waals surface area contributed by atoms with Crippen molar-refractivity contribution in [3.8, 4) is 44.5 Å². The van der Waals surface area contributed by atoms with Gasteiger partial charge in [-0.1, -0.05) is 248 Å². The highest BCUT2D eigenvalue weighted by atomic mass is 16.3. The van der Waals surface area contributed by atoms with E-state index in [2.05, 4.69) is 330 Å². The van der Waals surface area contributed by atoms with E-state index in [0.717, 1.165) is 100 Å². The van der Waals surface area contributed by atoms with Crippen molar-refractivity contribution in [2.75, 3.05) is 9.80 Å². The molecular weight excluding hydrogens is 1040 g/mol. The lowest BCUT2D eigenvalue weighted by atomic mass is 9.39. The molecule has 2 atom stereocenters. The van der Waals surface area contributed by atoms with E-state index in [9.17, 15) is 0 Å². The molecule has 0 saturated carbocycles. The van der Waals surface area contributed by atoms with Gasteiger partial charge >= 0.3 is 0 Å². The fourth-order valence-electron chi connectivity index (χ4n) is 15.9. The molecule has 0 bridgehead atoms. The molecule has 14 aromatic rings. The van der Waals surface area contributed by atoms with Gasteiger partial charge in [0, 0.05) is 55.1 Å². The molecule has 0 saturated heterocycles. The van der Waals surface area contributed by atoms with Gasteiger partial charge in [-0.2, -0.15) is 0 Å². The lowest BCUT2D eigenvalue weighted by Gasteiger charge is -2.62. The van der Waals surface area contributed by atoms with Crippen LogP contribution in [0.2, 0.25) is 0 Å². The lowest BCUT2D eigenvalue weighted by Crippen LogP contribution is -2.62. The van der Waals surface area contributed by atoms with Gasteiger partial charge in [-0.15, -0.1) is 0 Å². The molecular formula is C82H64N2O2. The summed E-state index contributed by atoms with van der Waals surface area (Å²) < 4.78 is 14.0. The minimum atomic E-state index is -0.708. The van der Waals surface area contributed by atoms with Crippen molar-refractivity contribution >= 4 is 78.0 Å². The maximum absolute atomic E-state index is 6.99. The molecule has 86 heavy (non-hydrogen) atoms. The first-order valence-corrected chi connectivity index (χ1v) is 30.1. The lowest BCUT2D eigenvalue weighted by molar-refractivity contribution is 0.0594. The first kappa shape index (κ1) is 51.5. The van der Waals surface area contributed by atoms with Gasteiger partial charge in [-0.25, -0.2) is 0 Å². The van der Waals surface area contributed by atoms with Crippen LogP contribution in [0.1, 0.15) is 63.8 Å². The van der Waals surface area contributed by atoms with Crippen molar-refractivity contribution in [1.29, 1.82) is 0 Å². The third-order valence-electron chi connectivity index (χ3n) is 19.1. The van der Waals surface area contributed by atoms with Gasteiger partial charge in [-0.3, -0.25) is 0 Å². The Bertz CT molecular complexity index is 4680. The van der Waals surface area contributed by atoms with Crippen molar-refractivity contribution in [1.82, 2.24) is 0 Å². The summed E-state index contributed by atoms with van der Waals surface area (Å²) in [6.07, 6.45) is 0. The molecule has 12 aromatic carbocycles. The smallest absolute Gasteiger partial charge is 0.159 e. The summed E-state index contributed by atoms with van der Waals surface area (Å²) in [5.41, 5.74) is 22.2. The molecule has 0 radical (unpaired) electrons. The number of anilines is 6. The summed E-state index contributed by atoms with van der Waals surface area (Å²) >= 11 is 0. The van der Waals surface area contributed by atoms with Crippen molar-refractivity contribution in [3.63, 3.8) is 0 Å². The highest BCUT2D eigenvalue weighted by molar-refractivity contribution is 6.12. The number of rotatable bonds is 9. The Kier molecular flexibility index (Phi) is 11.5. The Morgan fingerprint density at radius 1 is 0.267 bits per heavy atom. The zero-order chi connectivity index (χ0) is 58.1. The zero-order valence-corrected chi connectivity index (χ0v) is 49.3. The van der Waals surface area contributed by atoms with Crippen molar-refractivity contribution in [3.05, 3.63) is 301 Å². The molecule has 0 fully saturated rings. The largest absolute Gasteiger partial charge is 0.454 e. The Morgan fingerprint density at radius 3 is 1.03 bits per heavy atom. The second-order valence-corrected chi connectivity index (χ2v) is 25.6. The van der Waals surface area contributed by atoms with Gasteiger partial charge in [-0.05, 0) is 150 Å². The Hall–Kier alpha value is -10.2. The molecule has 414 valence electrons. The molecule has 16 rings (SSSR count). The molecule has 0 aliphatic heterocycles. The minimum Gasteiger partial charge on any atom is -0.454 e. The Morgan fingerprint density at radius 2 is 0.605 bits per heavy atom. The van der Waals surface area contributed by atoms with Gasteiger partial charge < -0.3 is 18.6 Å². The van der Waals surface area contributed by atoms with E-state index >= 15 is 0 Å². The summed E-state index contributed by atoms with van der Waals surface area (Å²) in [5, 5.41) is 4.36. The molecule has 4 heteroatoms. The first-order chi connectivity index (χ1) is 41.9. The predicted octanol–water partition coefficient (Wildman–Crippen LogP) is 23.1. The van der Waals surface area contributed by atoms with Crippen LogP contribution in [0, 0.1) is 10.8 Å². The van der Waals surface area contributed by atoms with Crippen LogP contribution in [0.15, 0.2) is 288 Å². The summed E-state index contributed by atoms with van der Waals surface area (Å²) in [6, 6.07) is 103. The van der Waals surface area contributed by atoms with Crippen molar-refractivity contribution in [2.24, 2.45) is 10.8 Å². The maximum Gasteiger partial charge on any atom is 0.159 e. The molecule has 2 aromatic heterocycles. The molecule has 0 N–H and O–H groups in total. The van der Waals surface area contributed by atoms with Gasteiger partial charge in [0.2, 0.25) is 0 Å². The number of benzene rings is 12. The fraction of sp³-hybridized carbons (Fsp3) is 0.122. The number of hydrogen-bond acceptors (Lipinski definition) is 4. The maximum atomic E-state index is 6.99. The van der Waals surface area contributed by atoms with E-state index < -0.39 is 21.7 Å². The fourth-order valence-corrected chi connectivity index (χ4v) is 15.9. The summed E-state index contributed by atoms with van der Waals surface area (Å²) in [4.78, 5) is 4.90. The Labute approximate surface area is 502 Å².